The number of piperidine rings is 1. The molecule has 2 aliphatic heterocycles. The molecule has 0 bridgehead atoms. The van der Waals surface area contributed by atoms with Gasteiger partial charge in [-0.25, -0.2) is 8.42 Å². The van der Waals surface area contributed by atoms with Crippen molar-refractivity contribution in [2.45, 2.75) is 44.9 Å². The standard InChI is InChI=1S/C23H28N2O2S/c1-17-6-10-19(11-7-17)23(2,3)20-12-8-18(9-13-20)21-5-4-14-25-15-16-28(26,27)24-22(21)25/h6-13,21H,4-5,14-16H2,1-3H3. The van der Waals surface area contributed by atoms with Crippen molar-refractivity contribution in [2.75, 3.05) is 18.8 Å². The third kappa shape index (κ3) is 3.60. The monoisotopic (exact) mass is 396 g/mol. The summed E-state index contributed by atoms with van der Waals surface area (Å²) in [5, 5.41) is 0. The van der Waals surface area contributed by atoms with E-state index in [1.54, 1.807) is 0 Å². The summed E-state index contributed by atoms with van der Waals surface area (Å²) in [6.07, 6.45) is 2.02. The zero-order valence-corrected chi connectivity index (χ0v) is 17.7. The van der Waals surface area contributed by atoms with Crippen LogP contribution in [0.1, 0.15) is 54.9 Å². The molecule has 0 saturated carbocycles. The molecule has 0 aromatic heterocycles. The summed E-state index contributed by atoms with van der Waals surface area (Å²) in [5.41, 5.74) is 4.88. The van der Waals surface area contributed by atoms with Crippen LogP contribution >= 0.6 is 0 Å². The van der Waals surface area contributed by atoms with Crippen LogP contribution in [-0.2, 0) is 15.4 Å². The van der Waals surface area contributed by atoms with Crippen LogP contribution in [0, 0.1) is 6.92 Å². The molecule has 5 heteroatoms. The van der Waals surface area contributed by atoms with Gasteiger partial charge < -0.3 is 4.90 Å². The van der Waals surface area contributed by atoms with Crippen LogP contribution in [-0.4, -0.2) is 38.0 Å². The Labute approximate surface area is 168 Å². The molecule has 1 saturated heterocycles. The van der Waals surface area contributed by atoms with Gasteiger partial charge in [0, 0.05) is 24.4 Å². The maximum atomic E-state index is 12.0. The first-order valence-corrected chi connectivity index (χ1v) is 11.6. The third-order valence-corrected chi connectivity index (χ3v) is 7.38. The molecule has 1 fully saturated rings. The van der Waals surface area contributed by atoms with Gasteiger partial charge in [-0.2, -0.15) is 0 Å². The van der Waals surface area contributed by atoms with Crippen molar-refractivity contribution in [1.82, 2.24) is 4.90 Å². The van der Waals surface area contributed by atoms with Crippen molar-refractivity contribution in [3.63, 3.8) is 0 Å². The van der Waals surface area contributed by atoms with Crippen molar-refractivity contribution in [2.24, 2.45) is 4.40 Å². The summed E-state index contributed by atoms with van der Waals surface area (Å²) in [7, 11) is -3.32. The Morgan fingerprint density at radius 1 is 0.964 bits per heavy atom. The number of nitrogens with zero attached hydrogens (tertiary/aromatic N) is 2. The lowest BCUT2D eigenvalue weighted by Gasteiger charge is -2.38. The number of amidine groups is 1. The van der Waals surface area contributed by atoms with E-state index in [-0.39, 0.29) is 17.1 Å². The molecule has 28 heavy (non-hydrogen) atoms. The molecule has 4 nitrogen and oxygen atoms in total. The van der Waals surface area contributed by atoms with Gasteiger partial charge in [-0.15, -0.1) is 4.40 Å². The summed E-state index contributed by atoms with van der Waals surface area (Å²) in [5.74, 6) is 0.941. The van der Waals surface area contributed by atoms with Crippen molar-refractivity contribution in [1.29, 1.82) is 0 Å². The molecule has 0 amide bonds. The van der Waals surface area contributed by atoms with Gasteiger partial charge in [0.15, 0.2) is 0 Å². The Kier molecular flexibility index (Phi) is 4.82. The van der Waals surface area contributed by atoms with Crippen LogP contribution in [0.15, 0.2) is 52.9 Å². The Hall–Kier alpha value is -2.14. The average Bonchev–Trinajstić information content (AvgIpc) is 2.67. The lowest BCUT2D eigenvalue weighted by molar-refractivity contribution is 0.366. The minimum absolute atomic E-state index is 0.0698. The molecule has 0 aliphatic carbocycles. The highest BCUT2D eigenvalue weighted by molar-refractivity contribution is 7.90. The predicted octanol–water partition coefficient (Wildman–Crippen LogP) is 4.24. The number of fused-ring (bicyclic) bond motifs is 1. The maximum Gasteiger partial charge on any atom is 0.256 e. The second-order valence-corrected chi connectivity index (χ2v) is 10.3. The molecular formula is C23H28N2O2S. The summed E-state index contributed by atoms with van der Waals surface area (Å²) in [6.45, 7) is 8.06. The number of hydrogen-bond acceptors (Lipinski definition) is 3. The van der Waals surface area contributed by atoms with Crippen molar-refractivity contribution in [3.8, 4) is 0 Å². The van der Waals surface area contributed by atoms with E-state index in [0.717, 1.165) is 30.8 Å². The van der Waals surface area contributed by atoms with Gasteiger partial charge in [0.1, 0.15) is 5.84 Å². The van der Waals surface area contributed by atoms with Gasteiger partial charge in [0.05, 0.1) is 5.75 Å². The van der Waals surface area contributed by atoms with Crippen molar-refractivity contribution < 1.29 is 8.42 Å². The lowest BCUT2D eigenvalue weighted by Crippen LogP contribution is -2.46. The van der Waals surface area contributed by atoms with E-state index in [2.05, 4.69) is 78.6 Å². The van der Waals surface area contributed by atoms with Crippen LogP contribution in [0.2, 0.25) is 0 Å². The molecule has 1 atom stereocenters. The minimum atomic E-state index is -3.32. The van der Waals surface area contributed by atoms with E-state index >= 15 is 0 Å². The van der Waals surface area contributed by atoms with E-state index in [9.17, 15) is 8.42 Å². The van der Waals surface area contributed by atoms with Gasteiger partial charge in [-0.05, 0) is 36.5 Å². The molecule has 2 aliphatic rings. The molecule has 2 heterocycles. The normalized spacial score (nSPS) is 21.8. The number of sulfonamides is 1. The molecule has 148 valence electrons. The maximum absolute atomic E-state index is 12.0. The highest BCUT2D eigenvalue weighted by Crippen LogP contribution is 2.35. The summed E-state index contributed by atoms with van der Waals surface area (Å²) in [4.78, 5) is 2.15. The summed E-state index contributed by atoms with van der Waals surface area (Å²) >= 11 is 0. The van der Waals surface area contributed by atoms with Crippen LogP contribution in [0.25, 0.3) is 0 Å². The van der Waals surface area contributed by atoms with Gasteiger partial charge in [-0.1, -0.05) is 67.9 Å². The second kappa shape index (κ2) is 7.03. The quantitative estimate of drug-likeness (QED) is 0.780. The summed E-state index contributed by atoms with van der Waals surface area (Å²) < 4.78 is 28.2. The van der Waals surface area contributed by atoms with E-state index in [0.29, 0.717) is 6.54 Å². The number of benzene rings is 2. The van der Waals surface area contributed by atoms with Crippen molar-refractivity contribution in [3.05, 3.63) is 70.8 Å². The Bertz CT molecular complexity index is 990. The molecule has 2 aromatic carbocycles. The van der Waals surface area contributed by atoms with Gasteiger partial charge in [-0.3, -0.25) is 0 Å². The molecule has 0 radical (unpaired) electrons. The first-order valence-electron chi connectivity index (χ1n) is 10.0. The first-order chi connectivity index (χ1) is 13.3. The van der Waals surface area contributed by atoms with E-state index in [4.69, 9.17) is 0 Å². The Morgan fingerprint density at radius 3 is 2.21 bits per heavy atom. The SMILES string of the molecule is Cc1ccc(C(C)(C)c2ccc(C3CCCN4CCS(=O)(=O)N=C34)cc2)cc1. The number of rotatable bonds is 3. The van der Waals surface area contributed by atoms with Crippen LogP contribution in [0.3, 0.4) is 0 Å². The van der Waals surface area contributed by atoms with Crippen molar-refractivity contribution >= 4 is 15.9 Å². The Morgan fingerprint density at radius 2 is 1.57 bits per heavy atom. The fourth-order valence-electron chi connectivity index (χ4n) is 4.30. The summed E-state index contributed by atoms with van der Waals surface area (Å²) in [6, 6.07) is 17.4. The first kappa shape index (κ1) is 19.2. The number of aryl methyl sites for hydroxylation is 1. The highest BCUT2D eigenvalue weighted by Gasteiger charge is 2.33. The third-order valence-electron chi connectivity index (χ3n) is 6.22. The van der Waals surface area contributed by atoms with Crippen LogP contribution in [0.4, 0.5) is 0 Å². The van der Waals surface area contributed by atoms with Gasteiger partial charge in [0.2, 0.25) is 0 Å². The molecule has 4 rings (SSSR count). The van der Waals surface area contributed by atoms with Crippen LogP contribution < -0.4 is 0 Å². The topological polar surface area (TPSA) is 49.7 Å². The lowest BCUT2D eigenvalue weighted by atomic mass is 9.77. The Balaban J connectivity index is 1.64. The zero-order chi connectivity index (χ0) is 19.9. The van der Waals surface area contributed by atoms with E-state index < -0.39 is 10.0 Å². The minimum Gasteiger partial charge on any atom is -0.358 e. The van der Waals surface area contributed by atoms with Gasteiger partial charge in [0.25, 0.3) is 10.0 Å². The largest absolute Gasteiger partial charge is 0.358 e. The highest BCUT2D eigenvalue weighted by atomic mass is 32.2. The molecule has 1 unspecified atom stereocenters. The molecular weight excluding hydrogens is 368 g/mol. The van der Waals surface area contributed by atoms with E-state index in [1.807, 2.05) is 0 Å². The smallest absolute Gasteiger partial charge is 0.256 e. The molecule has 0 spiro atoms. The zero-order valence-electron chi connectivity index (χ0n) is 16.9. The molecule has 2 aromatic rings. The molecule has 0 N–H and O–H groups in total. The van der Waals surface area contributed by atoms with Crippen LogP contribution in [0.5, 0.6) is 0 Å². The number of hydrogen-bond donors (Lipinski definition) is 0. The van der Waals surface area contributed by atoms with E-state index in [1.165, 1.54) is 16.7 Å². The average molecular weight is 397 g/mol. The fourth-order valence-corrected chi connectivity index (χ4v) is 5.37. The fraction of sp³-hybridized carbons (Fsp3) is 0.435. The predicted molar refractivity (Wildman–Crippen MR) is 115 cm³/mol. The second-order valence-electron chi connectivity index (χ2n) is 8.53. The van der Waals surface area contributed by atoms with Gasteiger partial charge >= 0.3 is 0 Å².